The number of hydrogen-bond donors (Lipinski definition) is 0. The highest BCUT2D eigenvalue weighted by molar-refractivity contribution is 5.92. The average molecular weight is 430 g/mol. The SMILES string of the molecule is C=C(C)[C@H]1Cc2oc(cc2C(=O)OC)[C@@H]2O[C@@]2(C)C[C@@H]2C=C(C(=O)O2)[C@H](OC(C)=O)C1. The zero-order valence-corrected chi connectivity index (χ0v) is 18.1. The first-order valence-electron chi connectivity index (χ1n) is 10.3. The molecule has 1 saturated heterocycles. The minimum Gasteiger partial charge on any atom is -0.465 e. The van der Waals surface area contributed by atoms with Crippen molar-refractivity contribution in [3.05, 3.63) is 47.0 Å². The van der Waals surface area contributed by atoms with E-state index in [4.69, 9.17) is 23.4 Å². The summed E-state index contributed by atoms with van der Waals surface area (Å²) in [6.45, 7) is 9.10. The van der Waals surface area contributed by atoms with Crippen LogP contribution in [-0.2, 0) is 35.0 Å². The number of carbonyl (C=O) groups is 3. The fourth-order valence-electron chi connectivity index (χ4n) is 4.39. The van der Waals surface area contributed by atoms with Gasteiger partial charge in [0.1, 0.15) is 41.0 Å². The molecular weight excluding hydrogens is 404 g/mol. The van der Waals surface area contributed by atoms with Gasteiger partial charge >= 0.3 is 17.9 Å². The van der Waals surface area contributed by atoms with E-state index in [0.29, 0.717) is 41.9 Å². The second kappa shape index (κ2) is 7.67. The first kappa shape index (κ1) is 21.4. The lowest BCUT2D eigenvalue weighted by Crippen LogP contribution is -2.27. The van der Waals surface area contributed by atoms with Gasteiger partial charge in [-0.3, -0.25) is 4.79 Å². The topological polar surface area (TPSA) is 105 Å². The highest BCUT2D eigenvalue weighted by Gasteiger charge is 2.57. The fourth-order valence-corrected chi connectivity index (χ4v) is 4.39. The fraction of sp³-hybridized carbons (Fsp3) is 0.522. The maximum absolute atomic E-state index is 12.6. The first-order chi connectivity index (χ1) is 14.6. The third kappa shape index (κ3) is 4.04. The Hall–Kier alpha value is -2.87. The summed E-state index contributed by atoms with van der Waals surface area (Å²) in [5.74, 6) is -0.745. The molecular formula is C23H26O8. The number of esters is 3. The molecule has 5 atom stereocenters. The van der Waals surface area contributed by atoms with Crippen LogP contribution in [-0.4, -0.2) is 42.8 Å². The lowest BCUT2D eigenvalue weighted by atomic mass is 9.87. The molecule has 0 saturated carbocycles. The Morgan fingerprint density at radius 2 is 2.03 bits per heavy atom. The highest BCUT2D eigenvalue weighted by Crippen LogP contribution is 2.54. The molecule has 1 fully saturated rings. The molecule has 0 spiro atoms. The molecule has 8 nitrogen and oxygen atoms in total. The van der Waals surface area contributed by atoms with Crippen LogP contribution in [0.4, 0.5) is 0 Å². The summed E-state index contributed by atoms with van der Waals surface area (Å²) in [7, 11) is 1.31. The predicted molar refractivity (Wildman–Crippen MR) is 107 cm³/mol. The maximum Gasteiger partial charge on any atom is 0.341 e. The first-order valence-corrected chi connectivity index (χ1v) is 10.3. The monoisotopic (exact) mass is 430 g/mol. The summed E-state index contributed by atoms with van der Waals surface area (Å²) < 4.78 is 27.9. The summed E-state index contributed by atoms with van der Waals surface area (Å²) in [5, 5.41) is 0. The molecule has 8 heteroatoms. The van der Waals surface area contributed by atoms with Crippen LogP contribution < -0.4 is 0 Å². The van der Waals surface area contributed by atoms with Gasteiger partial charge in [-0.2, -0.15) is 0 Å². The highest BCUT2D eigenvalue weighted by atomic mass is 16.6. The summed E-state index contributed by atoms with van der Waals surface area (Å²) in [6, 6.07) is 1.66. The molecule has 166 valence electrons. The lowest BCUT2D eigenvalue weighted by molar-refractivity contribution is -0.147. The van der Waals surface area contributed by atoms with Gasteiger partial charge in [0.05, 0.1) is 12.7 Å². The third-order valence-electron chi connectivity index (χ3n) is 6.12. The molecule has 0 aliphatic carbocycles. The van der Waals surface area contributed by atoms with Crippen LogP contribution in [0.3, 0.4) is 0 Å². The van der Waals surface area contributed by atoms with Gasteiger partial charge in [-0.1, -0.05) is 12.2 Å². The summed E-state index contributed by atoms with van der Waals surface area (Å²) in [5.41, 5.74) is 0.839. The van der Waals surface area contributed by atoms with E-state index >= 15 is 0 Å². The Labute approximate surface area is 180 Å². The van der Waals surface area contributed by atoms with E-state index in [0.717, 1.165) is 5.57 Å². The predicted octanol–water partition coefficient (Wildman–Crippen LogP) is 3.21. The van der Waals surface area contributed by atoms with E-state index in [9.17, 15) is 14.4 Å². The molecule has 31 heavy (non-hydrogen) atoms. The third-order valence-corrected chi connectivity index (χ3v) is 6.12. The summed E-state index contributed by atoms with van der Waals surface area (Å²) in [4.78, 5) is 36.7. The molecule has 0 unspecified atom stereocenters. The van der Waals surface area contributed by atoms with Gasteiger partial charge in [-0.05, 0) is 38.3 Å². The van der Waals surface area contributed by atoms with Crippen molar-refractivity contribution in [3.63, 3.8) is 0 Å². The van der Waals surface area contributed by atoms with E-state index in [1.54, 1.807) is 12.1 Å². The van der Waals surface area contributed by atoms with Crippen LogP contribution in [0.2, 0.25) is 0 Å². The van der Waals surface area contributed by atoms with Gasteiger partial charge in [0.25, 0.3) is 0 Å². The molecule has 0 amide bonds. The van der Waals surface area contributed by atoms with Crippen LogP contribution in [0.15, 0.2) is 34.3 Å². The van der Waals surface area contributed by atoms with Crippen molar-refractivity contribution < 1.29 is 37.7 Å². The van der Waals surface area contributed by atoms with Gasteiger partial charge in [-0.15, -0.1) is 0 Å². The Kier molecular flexibility index (Phi) is 5.29. The zero-order chi connectivity index (χ0) is 22.5. The number of hydrogen-bond acceptors (Lipinski definition) is 8. The average Bonchev–Trinajstić information content (AvgIpc) is 3.00. The number of methoxy groups -OCH3 is 1. The van der Waals surface area contributed by atoms with Crippen LogP contribution in [0, 0.1) is 5.92 Å². The molecule has 0 radical (unpaired) electrons. The molecule has 3 aliphatic heterocycles. The molecule has 3 aliphatic rings. The van der Waals surface area contributed by atoms with Crippen molar-refractivity contribution in [2.75, 3.05) is 7.11 Å². The number of rotatable bonds is 3. The Morgan fingerprint density at radius 3 is 2.68 bits per heavy atom. The zero-order valence-electron chi connectivity index (χ0n) is 18.1. The minimum absolute atomic E-state index is 0.230. The molecule has 0 aromatic carbocycles. The largest absolute Gasteiger partial charge is 0.465 e. The van der Waals surface area contributed by atoms with Gasteiger partial charge in [0.15, 0.2) is 0 Å². The van der Waals surface area contributed by atoms with Gasteiger partial charge < -0.3 is 23.4 Å². The number of furan rings is 1. The molecule has 4 rings (SSSR count). The number of ether oxygens (including phenoxy) is 4. The molecule has 4 heterocycles. The van der Waals surface area contributed by atoms with Crippen molar-refractivity contribution in [1.29, 1.82) is 0 Å². The van der Waals surface area contributed by atoms with Crippen LogP contribution in [0.1, 0.15) is 61.6 Å². The van der Waals surface area contributed by atoms with E-state index < -0.39 is 35.7 Å². The van der Waals surface area contributed by atoms with Crippen LogP contribution >= 0.6 is 0 Å². The number of allylic oxidation sites excluding steroid dienone is 1. The minimum atomic E-state index is -0.794. The second-order valence-corrected chi connectivity index (χ2v) is 8.64. The summed E-state index contributed by atoms with van der Waals surface area (Å²) >= 11 is 0. The maximum atomic E-state index is 12.6. The van der Waals surface area contributed by atoms with Crippen molar-refractivity contribution in [1.82, 2.24) is 0 Å². The van der Waals surface area contributed by atoms with E-state index in [-0.39, 0.29) is 12.0 Å². The van der Waals surface area contributed by atoms with Crippen molar-refractivity contribution >= 4 is 17.9 Å². The molecule has 0 N–H and O–H groups in total. The summed E-state index contributed by atoms with van der Waals surface area (Å²) in [6.07, 6.45) is 1.09. The lowest BCUT2D eigenvalue weighted by Gasteiger charge is -2.23. The van der Waals surface area contributed by atoms with Crippen molar-refractivity contribution in [2.45, 2.75) is 63.9 Å². The Bertz CT molecular complexity index is 986. The number of epoxide rings is 1. The van der Waals surface area contributed by atoms with Crippen LogP contribution in [0.25, 0.3) is 0 Å². The molecule has 4 bridgehead atoms. The standard InChI is InChI=1S/C23H26O8/c1-11(2)13-6-17(28-12(3)24)15-8-14(29-22(15)26)10-23(4)20(31-23)19-9-16(21(25)27-5)18(7-13)30-19/h8-9,13-14,17,20H,1,6-7,10H2,2-5H3/t13-,14+,17-,20+,23+/m1/s1. The smallest absolute Gasteiger partial charge is 0.341 e. The molecule has 1 aromatic rings. The van der Waals surface area contributed by atoms with Gasteiger partial charge in [-0.25, -0.2) is 9.59 Å². The van der Waals surface area contributed by atoms with Gasteiger partial charge in [0, 0.05) is 19.8 Å². The number of fused-ring (bicyclic) bond motifs is 5. The second-order valence-electron chi connectivity index (χ2n) is 8.64. The van der Waals surface area contributed by atoms with Crippen molar-refractivity contribution in [3.8, 4) is 0 Å². The van der Waals surface area contributed by atoms with E-state index in [2.05, 4.69) is 6.58 Å². The number of carbonyl (C=O) groups excluding carboxylic acids is 3. The normalized spacial score (nSPS) is 31.7. The quantitative estimate of drug-likeness (QED) is 0.312. The molecule has 1 aromatic heterocycles. The van der Waals surface area contributed by atoms with Crippen molar-refractivity contribution in [2.24, 2.45) is 5.92 Å². The van der Waals surface area contributed by atoms with E-state index in [1.165, 1.54) is 14.0 Å². The van der Waals surface area contributed by atoms with E-state index in [1.807, 2.05) is 13.8 Å². The van der Waals surface area contributed by atoms with Gasteiger partial charge in [0.2, 0.25) is 0 Å². The van der Waals surface area contributed by atoms with Crippen LogP contribution in [0.5, 0.6) is 0 Å². The Morgan fingerprint density at radius 1 is 1.29 bits per heavy atom. The Balaban J connectivity index is 1.78.